The number of hydrogen-bond donors (Lipinski definition) is 2. The monoisotopic (exact) mass is 489 g/mol. The normalized spacial score (nSPS) is 11.8. The number of fused-ring (bicyclic) bond motifs is 2. The predicted molar refractivity (Wildman–Crippen MR) is 132 cm³/mol. The summed E-state index contributed by atoms with van der Waals surface area (Å²) >= 11 is 0. The maximum absolute atomic E-state index is 13.7. The van der Waals surface area contributed by atoms with Gasteiger partial charge in [-0.2, -0.15) is 13.2 Å². The molecule has 0 radical (unpaired) electrons. The zero-order valence-electron chi connectivity index (χ0n) is 19.3. The van der Waals surface area contributed by atoms with Crippen molar-refractivity contribution in [1.82, 2.24) is 19.9 Å². The van der Waals surface area contributed by atoms with Crippen molar-refractivity contribution in [3.63, 3.8) is 0 Å². The fourth-order valence-electron chi connectivity index (χ4n) is 4.16. The maximum Gasteiger partial charge on any atom is 0.417 e. The van der Waals surface area contributed by atoms with Crippen LogP contribution in [0.1, 0.15) is 32.7 Å². The fourth-order valence-corrected chi connectivity index (χ4v) is 4.16. The molecule has 9 heteroatoms. The van der Waals surface area contributed by atoms with Crippen molar-refractivity contribution in [3.8, 4) is 0 Å². The van der Waals surface area contributed by atoms with Crippen LogP contribution in [0.15, 0.2) is 73.1 Å². The zero-order chi connectivity index (χ0) is 25.4. The summed E-state index contributed by atoms with van der Waals surface area (Å²) in [6.45, 7) is 2.12. The maximum atomic E-state index is 13.7. The smallest absolute Gasteiger partial charge is 0.383 e. The Bertz CT molecular complexity index is 1570. The number of aromatic nitrogens is 3. The molecule has 1 amide bonds. The zero-order valence-corrected chi connectivity index (χ0v) is 19.3. The van der Waals surface area contributed by atoms with Crippen LogP contribution in [0.2, 0.25) is 0 Å². The van der Waals surface area contributed by atoms with Gasteiger partial charge in [-0.3, -0.25) is 9.78 Å². The first kappa shape index (κ1) is 23.3. The Labute approximate surface area is 204 Å². The van der Waals surface area contributed by atoms with Gasteiger partial charge in [-0.05, 0) is 60.5 Å². The molecule has 5 rings (SSSR count). The number of halogens is 3. The number of nitrogens with zero attached hydrogens (tertiary/aromatic N) is 3. The summed E-state index contributed by atoms with van der Waals surface area (Å²) in [6.07, 6.45) is -1.86. The Kier molecular flexibility index (Phi) is 5.83. The van der Waals surface area contributed by atoms with Crippen molar-refractivity contribution in [1.29, 1.82) is 0 Å². The SMILES string of the molecule is Cc1cc2cc(C(=O)N(Cc3ccc(C(F)(F)F)cn3)Cc3c[nH]c4ccccc34)ccc2nc1N. The molecule has 0 fully saturated rings. The molecule has 0 unspecified atom stereocenters. The van der Waals surface area contributed by atoms with Crippen LogP contribution in [-0.4, -0.2) is 25.8 Å². The number of aromatic amines is 1. The molecule has 0 aliphatic heterocycles. The summed E-state index contributed by atoms with van der Waals surface area (Å²) in [4.78, 5) is 26.8. The second kappa shape index (κ2) is 8.99. The highest BCUT2D eigenvalue weighted by Crippen LogP contribution is 2.29. The minimum Gasteiger partial charge on any atom is -0.383 e. The van der Waals surface area contributed by atoms with Crippen LogP contribution in [0.4, 0.5) is 19.0 Å². The van der Waals surface area contributed by atoms with Gasteiger partial charge in [-0.1, -0.05) is 18.2 Å². The number of para-hydroxylation sites is 1. The van der Waals surface area contributed by atoms with Crippen molar-refractivity contribution < 1.29 is 18.0 Å². The molecule has 0 bridgehead atoms. The highest BCUT2D eigenvalue weighted by atomic mass is 19.4. The number of alkyl halides is 3. The van der Waals surface area contributed by atoms with Crippen molar-refractivity contribution in [2.45, 2.75) is 26.2 Å². The van der Waals surface area contributed by atoms with Crippen molar-refractivity contribution >= 4 is 33.5 Å². The Morgan fingerprint density at radius 1 is 1.06 bits per heavy atom. The van der Waals surface area contributed by atoms with Gasteiger partial charge in [0.2, 0.25) is 0 Å². The number of hydrogen-bond acceptors (Lipinski definition) is 4. The highest BCUT2D eigenvalue weighted by Gasteiger charge is 2.31. The number of aryl methyl sites for hydroxylation is 1. The molecule has 3 N–H and O–H groups in total. The number of nitrogens with two attached hydrogens (primary N) is 1. The summed E-state index contributed by atoms with van der Waals surface area (Å²) in [5.74, 6) is 0.147. The number of benzene rings is 2. The molecule has 0 aliphatic rings. The molecule has 6 nitrogen and oxygen atoms in total. The van der Waals surface area contributed by atoms with E-state index in [9.17, 15) is 18.0 Å². The van der Waals surface area contributed by atoms with E-state index in [0.717, 1.165) is 39.7 Å². The first-order chi connectivity index (χ1) is 17.2. The van der Waals surface area contributed by atoms with E-state index in [0.29, 0.717) is 22.6 Å². The van der Waals surface area contributed by atoms with Crippen molar-refractivity contribution in [2.75, 3.05) is 5.73 Å². The van der Waals surface area contributed by atoms with Gasteiger partial charge in [-0.25, -0.2) is 4.98 Å². The molecule has 2 aromatic carbocycles. The second-order valence-electron chi connectivity index (χ2n) is 8.65. The molecule has 5 aromatic rings. The van der Waals surface area contributed by atoms with E-state index >= 15 is 0 Å². The van der Waals surface area contributed by atoms with Crippen molar-refractivity contribution in [3.05, 3.63) is 101 Å². The average molecular weight is 490 g/mol. The Balaban J connectivity index is 1.51. The van der Waals surface area contributed by atoms with E-state index in [1.807, 2.05) is 43.5 Å². The molecule has 182 valence electrons. The molecule has 0 saturated carbocycles. The van der Waals surface area contributed by atoms with E-state index in [1.54, 1.807) is 23.1 Å². The lowest BCUT2D eigenvalue weighted by atomic mass is 10.1. The lowest BCUT2D eigenvalue weighted by molar-refractivity contribution is -0.137. The third kappa shape index (κ3) is 4.59. The number of rotatable bonds is 5. The number of pyridine rings is 2. The molecular formula is C27H22F3N5O. The summed E-state index contributed by atoms with van der Waals surface area (Å²) in [7, 11) is 0. The van der Waals surface area contributed by atoms with Crippen LogP contribution >= 0.6 is 0 Å². The molecule has 0 saturated heterocycles. The minimum absolute atomic E-state index is 0.0352. The van der Waals surface area contributed by atoms with Crippen LogP contribution in [-0.2, 0) is 19.3 Å². The van der Waals surface area contributed by atoms with E-state index in [1.165, 1.54) is 6.07 Å². The van der Waals surface area contributed by atoms with E-state index in [4.69, 9.17) is 5.73 Å². The number of nitrogen functional groups attached to an aromatic ring is 1. The first-order valence-corrected chi connectivity index (χ1v) is 11.2. The van der Waals surface area contributed by atoms with Crippen LogP contribution in [0.3, 0.4) is 0 Å². The first-order valence-electron chi connectivity index (χ1n) is 11.2. The van der Waals surface area contributed by atoms with E-state index in [-0.39, 0.29) is 19.0 Å². The topological polar surface area (TPSA) is 87.9 Å². The van der Waals surface area contributed by atoms with Gasteiger partial charge in [0.15, 0.2) is 0 Å². The number of H-pyrrole nitrogens is 1. The number of anilines is 1. The summed E-state index contributed by atoms with van der Waals surface area (Å²) < 4.78 is 39.0. The number of nitrogens with one attached hydrogen (secondary N) is 1. The third-order valence-electron chi connectivity index (χ3n) is 6.12. The standard InChI is InChI=1S/C27H22F3N5O/c1-16-10-18-11-17(6-9-23(18)34-25(16)31)26(36)35(14-19-12-33-24-5-3-2-4-22(19)24)15-21-8-7-20(13-32-21)27(28,29)30/h2-13,33H,14-15H2,1H3,(H2,31,34). The lowest BCUT2D eigenvalue weighted by Gasteiger charge is -2.23. The van der Waals surface area contributed by atoms with Gasteiger partial charge in [0.05, 0.1) is 23.3 Å². The molecule has 0 spiro atoms. The number of amides is 1. The van der Waals surface area contributed by atoms with E-state index in [2.05, 4.69) is 15.0 Å². The van der Waals surface area contributed by atoms with Gasteiger partial charge in [-0.15, -0.1) is 0 Å². The number of carbonyl (C=O) groups excluding carboxylic acids is 1. The summed E-state index contributed by atoms with van der Waals surface area (Å²) in [6, 6.07) is 17.0. The molecule has 0 atom stereocenters. The molecular weight excluding hydrogens is 467 g/mol. The Morgan fingerprint density at radius 3 is 2.61 bits per heavy atom. The minimum atomic E-state index is -4.48. The molecule has 36 heavy (non-hydrogen) atoms. The third-order valence-corrected chi connectivity index (χ3v) is 6.12. The highest BCUT2D eigenvalue weighted by molar-refractivity contribution is 5.98. The Morgan fingerprint density at radius 2 is 1.86 bits per heavy atom. The van der Waals surface area contributed by atoms with Gasteiger partial charge >= 0.3 is 6.18 Å². The van der Waals surface area contributed by atoms with Crippen LogP contribution in [0.25, 0.3) is 21.8 Å². The molecule has 0 aliphatic carbocycles. The van der Waals surface area contributed by atoms with Gasteiger partial charge < -0.3 is 15.6 Å². The van der Waals surface area contributed by atoms with E-state index < -0.39 is 11.7 Å². The molecule has 3 aromatic heterocycles. The fraction of sp³-hybridized carbons (Fsp3) is 0.148. The van der Waals surface area contributed by atoms with Gasteiger partial charge in [0, 0.05) is 40.8 Å². The molecule has 3 heterocycles. The predicted octanol–water partition coefficient (Wildman–Crippen LogP) is 5.86. The van der Waals surface area contributed by atoms with Gasteiger partial charge in [0.25, 0.3) is 5.91 Å². The average Bonchev–Trinajstić information content (AvgIpc) is 3.26. The Hall–Kier alpha value is -4.40. The summed E-state index contributed by atoms with van der Waals surface area (Å²) in [5, 5.41) is 1.73. The second-order valence-corrected chi connectivity index (χ2v) is 8.65. The lowest BCUT2D eigenvalue weighted by Crippen LogP contribution is -2.30. The number of carbonyl (C=O) groups is 1. The quantitative estimate of drug-likeness (QED) is 0.324. The van der Waals surface area contributed by atoms with Crippen LogP contribution < -0.4 is 5.73 Å². The largest absolute Gasteiger partial charge is 0.417 e. The van der Waals surface area contributed by atoms with Crippen LogP contribution in [0.5, 0.6) is 0 Å². The van der Waals surface area contributed by atoms with Crippen LogP contribution in [0, 0.1) is 6.92 Å². The van der Waals surface area contributed by atoms with Crippen molar-refractivity contribution in [2.24, 2.45) is 0 Å². The van der Waals surface area contributed by atoms with Gasteiger partial charge in [0.1, 0.15) is 5.82 Å². The summed E-state index contributed by atoms with van der Waals surface area (Å²) in [5.41, 5.74) is 9.14.